The van der Waals surface area contributed by atoms with Crippen LogP contribution in [0.25, 0.3) is 6.08 Å². The first-order valence-electron chi connectivity index (χ1n) is 10.1. The maximum atomic E-state index is 12.6. The lowest BCUT2D eigenvalue weighted by atomic mass is 9.74. The lowest BCUT2D eigenvalue weighted by molar-refractivity contribution is -0.116. The summed E-state index contributed by atoms with van der Waals surface area (Å²) in [6.45, 7) is 1.82. The van der Waals surface area contributed by atoms with Gasteiger partial charge in [0.15, 0.2) is 11.5 Å². The number of methoxy groups -OCH3 is 3. The van der Waals surface area contributed by atoms with E-state index in [1.807, 2.05) is 18.2 Å². The maximum Gasteiger partial charge on any atom is 0.244 e. The normalized spacial score (nSPS) is 15.5. The molecule has 0 unspecified atom stereocenters. The molecule has 1 fully saturated rings. The number of halogens is 1. The van der Waals surface area contributed by atoms with Gasteiger partial charge >= 0.3 is 0 Å². The second kappa shape index (κ2) is 10.6. The third-order valence-electron chi connectivity index (χ3n) is 5.60. The number of nitrogens with one attached hydrogen (secondary N) is 1. The van der Waals surface area contributed by atoms with Gasteiger partial charge in [0.1, 0.15) is 0 Å². The van der Waals surface area contributed by atoms with E-state index in [-0.39, 0.29) is 11.3 Å². The topological polar surface area (TPSA) is 66.0 Å². The summed E-state index contributed by atoms with van der Waals surface area (Å²) < 4.78 is 21.6. The molecule has 1 N–H and O–H groups in total. The fourth-order valence-corrected chi connectivity index (χ4v) is 4.02. The van der Waals surface area contributed by atoms with E-state index in [0.29, 0.717) is 42.0 Å². The lowest BCUT2D eigenvalue weighted by Gasteiger charge is -2.38. The average molecular weight is 446 g/mol. The summed E-state index contributed by atoms with van der Waals surface area (Å²) >= 11 is 6.22. The molecule has 6 nitrogen and oxygen atoms in total. The number of carbonyl (C=O) groups is 1. The highest BCUT2D eigenvalue weighted by Crippen LogP contribution is 2.38. The van der Waals surface area contributed by atoms with Crippen molar-refractivity contribution in [2.45, 2.75) is 18.3 Å². The van der Waals surface area contributed by atoms with Gasteiger partial charge in [0.25, 0.3) is 0 Å². The molecule has 2 aromatic rings. The molecule has 0 atom stereocenters. The predicted octanol–water partition coefficient (Wildman–Crippen LogP) is 4.24. The lowest BCUT2D eigenvalue weighted by Crippen LogP contribution is -2.44. The van der Waals surface area contributed by atoms with Crippen LogP contribution in [0.3, 0.4) is 0 Å². The van der Waals surface area contributed by atoms with E-state index in [1.165, 1.54) is 6.08 Å². The van der Waals surface area contributed by atoms with Gasteiger partial charge < -0.3 is 24.3 Å². The zero-order chi connectivity index (χ0) is 22.3. The summed E-state index contributed by atoms with van der Waals surface area (Å²) in [7, 11) is 4.66. The molecule has 0 saturated carbocycles. The molecule has 0 aliphatic carbocycles. The first kappa shape index (κ1) is 23.0. The predicted molar refractivity (Wildman–Crippen MR) is 121 cm³/mol. The van der Waals surface area contributed by atoms with Crippen LogP contribution in [0.4, 0.5) is 0 Å². The Morgan fingerprint density at radius 3 is 2.35 bits per heavy atom. The summed E-state index contributed by atoms with van der Waals surface area (Å²) in [5, 5.41) is 3.74. The quantitative estimate of drug-likeness (QED) is 0.615. The van der Waals surface area contributed by atoms with Crippen molar-refractivity contribution in [3.63, 3.8) is 0 Å². The summed E-state index contributed by atoms with van der Waals surface area (Å²) in [4.78, 5) is 12.6. The van der Waals surface area contributed by atoms with Gasteiger partial charge in [-0.15, -0.1) is 0 Å². The Morgan fingerprint density at radius 2 is 1.77 bits per heavy atom. The van der Waals surface area contributed by atoms with Gasteiger partial charge in [-0.2, -0.15) is 0 Å². The molecule has 31 heavy (non-hydrogen) atoms. The Kier molecular flexibility index (Phi) is 7.82. The van der Waals surface area contributed by atoms with E-state index in [0.717, 1.165) is 24.0 Å². The fourth-order valence-electron chi connectivity index (χ4n) is 3.83. The molecule has 7 heteroatoms. The van der Waals surface area contributed by atoms with Crippen molar-refractivity contribution in [2.24, 2.45) is 0 Å². The molecule has 1 saturated heterocycles. The first-order valence-corrected chi connectivity index (χ1v) is 10.5. The second-order valence-corrected chi connectivity index (χ2v) is 7.85. The van der Waals surface area contributed by atoms with Crippen LogP contribution < -0.4 is 19.5 Å². The van der Waals surface area contributed by atoms with Crippen molar-refractivity contribution in [3.05, 3.63) is 58.6 Å². The van der Waals surface area contributed by atoms with Crippen LogP contribution in [0.15, 0.2) is 42.5 Å². The van der Waals surface area contributed by atoms with Crippen LogP contribution in [-0.4, -0.2) is 47.0 Å². The van der Waals surface area contributed by atoms with Crippen LogP contribution in [0.5, 0.6) is 17.2 Å². The minimum absolute atomic E-state index is 0.179. The number of amides is 1. The number of hydrogen-bond donors (Lipinski definition) is 1. The summed E-state index contributed by atoms with van der Waals surface area (Å²) in [6, 6.07) is 11.4. The van der Waals surface area contributed by atoms with Gasteiger partial charge in [0.05, 0.1) is 21.3 Å². The second-order valence-electron chi connectivity index (χ2n) is 7.41. The SMILES string of the molecule is COc1cc(C=CC(=O)NCC2(c3cccc(Cl)c3)CCOCC2)cc(OC)c1OC. The monoisotopic (exact) mass is 445 g/mol. The van der Waals surface area contributed by atoms with Crippen molar-refractivity contribution in [1.82, 2.24) is 5.32 Å². The van der Waals surface area contributed by atoms with Crippen LogP contribution in [0.1, 0.15) is 24.0 Å². The Balaban J connectivity index is 1.73. The highest BCUT2D eigenvalue weighted by molar-refractivity contribution is 6.30. The van der Waals surface area contributed by atoms with Crippen LogP contribution in [0.2, 0.25) is 5.02 Å². The van der Waals surface area contributed by atoms with Crippen LogP contribution in [-0.2, 0) is 14.9 Å². The van der Waals surface area contributed by atoms with Crippen molar-refractivity contribution in [1.29, 1.82) is 0 Å². The Morgan fingerprint density at radius 1 is 1.10 bits per heavy atom. The molecule has 0 radical (unpaired) electrons. The third kappa shape index (κ3) is 5.51. The number of carbonyl (C=O) groups excluding carboxylic acids is 1. The Labute approximate surface area is 188 Å². The molecule has 166 valence electrons. The first-order chi connectivity index (χ1) is 15.0. The molecule has 1 aliphatic heterocycles. The molecule has 3 rings (SSSR count). The zero-order valence-electron chi connectivity index (χ0n) is 18.1. The number of hydrogen-bond acceptors (Lipinski definition) is 5. The van der Waals surface area contributed by atoms with Crippen molar-refractivity contribution in [2.75, 3.05) is 41.1 Å². The smallest absolute Gasteiger partial charge is 0.244 e. The standard InChI is InChI=1S/C24H28ClNO5/c1-28-20-13-17(14-21(29-2)23(20)30-3)7-8-22(27)26-16-24(9-11-31-12-10-24)18-5-4-6-19(25)15-18/h4-8,13-15H,9-12,16H2,1-3H3,(H,26,27). The molecule has 0 bridgehead atoms. The van der Waals surface area contributed by atoms with E-state index in [4.69, 9.17) is 30.5 Å². The Bertz CT molecular complexity index is 912. The van der Waals surface area contributed by atoms with Gasteiger partial charge in [-0.1, -0.05) is 23.7 Å². The van der Waals surface area contributed by atoms with Crippen molar-refractivity contribution < 1.29 is 23.7 Å². The van der Waals surface area contributed by atoms with Crippen LogP contribution >= 0.6 is 11.6 Å². The van der Waals surface area contributed by atoms with E-state index >= 15 is 0 Å². The van der Waals surface area contributed by atoms with Crippen molar-refractivity contribution in [3.8, 4) is 17.2 Å². The van der Waals surface area contributed by atoms with Gasteiger partial charge in [0, 0.05) is 36.3 Å². The minimum atomic E-state index is -0.195. The fraction of sp³-hybridized carbons (Fsp3) is 0.375. The molecular weight excluding hydrogens is 418 g/mol. The average Bonchev–Trinajstić information content (AvgIpc) is 2.81. The number of ether oxygens (including phenoxy) is 4. The number of rotatable bonds is 8. The molecule has 1 aliphatic rings. The highest BCUT2D eigenvalue weighted by atomic mass is 35.5. The minimum Gasteiger partial charge on any atom is -0.493 e. The van der Waals surface area contributed by atoms with E-state index in [1.54, 1.807) is 39.5 Å². The van der Waals surface area contributed by atoms with E-state index in [2.05, 4.69) is 11.4 Å². The van der Waals surface area contributed by atoms with Crippen LogP contribution in [0, 0.1) is 0 Å². The molecular formula is C24H28ClNO5. The maximum absolute atomic E-state index is 12.6. The number of benzene rings is 2. The molecule has 1 heterocycles. The van der Waals surface area contributed by atoms with E-state index in [9.17, 15) is 4.79 Å². The van der Waals surface area contributed by atoms with Gasteiger partial charge in [-0.3, -0.25) is 4.79 Å². The van der Waals surface area contributed by atoms with Gasteiger partial charge in [0.2, 0.25) is 11.7 Å². The molecule has 2 aromatic carbocycles. The molecule has 0 aromatic heterocycles. The summed E-state index contributed by atoms with van der Waals surface area (Å²) in [5.74, 6) is 1.39. The largest absolute Gasteiger partial charge is 0.493 e. The summed E-state index contributed by atoms with van der Waals surface area (Å²) in [6.07, 6.45) is 4.87. The zero-order valence-corrected chi connectivity index (χ0v) is 18.8. The summed E-state index contributed by atoms with van der Waals surface area (Å²) in [5.41, 5.74) is 1.69. The van der Waals surface area contributed by atoms with Gasteiger partial charge in [-0.05, 0) is 54.3 Å². The van der Waals surface area contributed by atoms with Crippen molar-refractivity contribution >= 4 is 23.6 Å². The molecule has 0 spiro atoms. The Hall–Kier alpha value is -2.70. The third-order valence-corrected chi connectivity index (χ3v) is 5.84. The van der Waals surface area contributed by atoms with E-state index < -0.39 is 0 Å². The van der Waals surface area contributed by atoms with Gasteiger partial charge in [-0.25, -0.2) is 0 Å². The highest BCUT2D eigenvalue weighted by Gasteiger charge is 2.34. The molecule has 1 amide bonds.